The molecule has 1 aliphatic carbocycles. The Labute approximate surface area is 95.6 Å². The van der Waals surface area contributed by atoms with E-state index in [1.807, 2.05) is 0 Å². The first-order valence-electron chi connectivity index (χ1n) is 3.77. The van der Waals surface area contributed by atoms with Crippen molar-refractivity contribution in [3.63, 3.8) is 0 Å². The van der Waals surface area contributed by atoms with Crippen LogP contribution in [0, 0.1) is 0 Å². The molecule has 0 aromatic rings. The van der Waals surface area contributed by atoms with Crippen molar-refractivity contribution < 1.29 is 22.0 Å². The van der Waals surface area contributed by atoms with Crippen molar-refractivity contribution in [2.45, 2.75) is 28.1 Å². The van der Waals surface area contributed by atoms with Gasteiger partial charge in [-0.2, -0.15) is 13.2 Å². The molecule has 0 spiro atoms. The van der Waals surface area contributed by atoms with Crippen molar-refractivity contribution in [3.05, 3.63) is 11.9 Å². The Kier molecular flexibility index (Phi) is 3.13. The normalized spacial score (nSPS) is 42.7. The topological polar surface area (TPSA) is 26.0 Å². The number of alkyl halides is 6. The molecule has 1 aliphatic rings. The van der Waals surface area contributed by atoms with E-state index in [1.54, 1.807) is 0 Å². The number of allylic oxidation sites excluding steroid dienone is 1. The van der Waals surface area contributed by atoms with Gasteiger partial charge in [-0.15, -0.1) is 0 Å². The lowest BCUT2D eigenvalue weighted by Crippen LogP contribution is -2.53. The Bertz CT molecular complexity index is 302. The first-order valence-corrected chi connectivity index (χ1v) is 4.94. The van der Waals surface area contributed by atoms with E-state index in [0.717, 1.165) is 0 Å². The molecule has 0 amide bonds. The number of nitrogens with two attached hydrogens (primary N) is 1. The fourth-order valence-corrected chi connectivity index (χ4v) is 2.30. The molecule has 88 valence electrons. The van der Waals surface area contributed by atoms with E-state index in [1.165, 1.54) is 0 Å². The molecule has 8 heteroatoms. The molecule has 1 nitrogen and oxygen atoms in total. The second-order valence-corrected chi connectivity index (χ2v) is 5.35. The molecule has 0 bridgehead atoms. The van der Waals surface area contributed by atoms with Gasteiger partial charge in [-0.1, -0.05) is 27.5 Å². The van der Waals surface area contributed by atoms with Crippen LogP contribution in [-0.4, -0.2) is 21.7 Å². The van der Waals surface area contributed by atoms with Crippen LogP contribution in [0.25, 0.3) is 0 Å². The molecule has 3 unspecified atom stereocenters. The second-order valence-electron chi connectivity index (χ2n) is 3.30. The predicted molar refractivity (Wildman–Crippen MR) is 49.2 cm³/mol. The van der Waals surface area contributed by atoms with Gasteiger partial charge < -0.3 is 5.73 Å². The third-order valence-electron chi connectivity index (χ3n) is 2.08. The van der Waals surface area contributed by atoms with Crippen LogP contribution in [0.2, 0.25) is 0 Å². The van der Waals surface area contributed by atoms with E-state index < -0.39 is 33.9 Å². The summed E-state index contributed by atoms with van der Waals surface area (Å²) >= 11 is 7.34. The van der Waals surface area contributed by atoms with Crippen molar-refractivity contribution in [3.8, 4) is 0 Å². The molecule has 15 heavy (non-hydrogen) atoms. The zero-order valence-corrected chi connectivity index (χ0v) is 9.43. The zero-order chi connectivity index (χ0) is 12.1. The number of halogens is 7. The van der Waals surface area contributed by atoms with Gasteiger partial charge in [0.15, 0.2) is 0 Å². The van der Waals surface area contributed by atoms with E-state index in [9.17, 15) is 22.0 Å². The molecule has 3 atom stereocenters. The number of hydrogen-bond donors (Lipinski definition) is 1. The van der Waals surface area contributed by atoms with E-state index in [0.29, 0.717) is 0 Å². The standard InChI is InChI=1S/C7H6BrClF5N/c8-5(7(12,13)14)1-3(10)4(15)6(9,11)2-5/h1,4H,2,15H2. The lowest BCUT2D eigenvalue weighted by Gasteiger charge is -2.38. The smallest absolute Gasteiger partial charge is 0.318 e. The Morgan fingerprint density at radius 3 is 2.33 bits per heavy atom. The summed E-state index contributed by atoms with van der Waals surface area (Å²) in [5.74, 6) is -1.42. The monoisotopic (exact) mass is 313 g/mol. The van der Waals surface area contributed by atoms with Gasteiger partial charge in [0.05, 0.1) is 0 Å². The molecule has 2 N–H and O–H groups in total. The number of rotatable bonds is 0. The summed E-state index contributed by atoms with van der Waals surface area (Å²) < 4.78 is 60.9. The molecule has 0 saturated carbocycles. The van der Waals surface area contributed by atoms with Crippen molar-refractivity contribution in [2.24, 2.45) is 5.73 Å². The Balaban J connectivity index is 3.18. The van der Waals surface area contributed by atoms with Gasteiger partial charge in [-0.05, 0) is 6.08 Å². The first kappa shape index (κ1) is 13.2. The lowest BCUT2D eigenvalue weighted by molar-refractivity contribution is -0.154. The van der Waals surface area contributed by atoms with Gasteiger partial charge in [-0.3, -0.25) is 0 Å². The molecule has 0 saturated heterocycles. The summed E-state index contributed by atoms with van der Waals surface area (Å²) in [6.45, 7) is 0. The van der Waals surface area contributed by atoms with E-state index in [-0.39, 0.29) is 6.08 Å². The van der Waals surface area contributed by atoms with Gasteiger partial charge in [-0.25, -0.2) is 8.78 Å². The van der Waals surface area contributed by atoms with Crippen LogP contribution in [0.15, 0.2) is 11.9 Å². The molecule has 1 rings (SSSR count). The van der Waals surface area contributed by atoms with Crippen molar-refractivity contribution in [1.82, 2.24) is 0 Å². The maximum absolute atomic E-state index is 13.4. The predicted octanol–water partition coefficient (Wildman–Crippen LogP) is 3.17. The van der Waals surface area contributed by atoms with Gasteiger partial charge in [0.1, 0.15) is 16.2 Å². The summed E-state index contributed by atoms with van der Waals surface area (Å²) in [6.07, 6.45) is -5.83. The van der Waals surface area contributed by atoms with Crippen molar-refractivity contribution >= 4 is 27.5 Å². The maximum Gasteiger partial charge on any atom is 0.407 e. The minimum atomic E-state index is -4.85. The molecule has 0 aromatic carbocycles. The van der Waals surface area contributed by atoms with Crippen LogP contribution in [0.3, 0.4) is 0 Å². The minimum Gasteiger partial charge on any atom is -0.318 e. The SMILES string of the molecule is NC1C(F)=CC(Br)(C(F)(F)F)CC1(F)Cl. The summed E-state index contributed by atoms with van der Waals surface area (Å²) in [5, 5.41) is -2.96. The third kappa shape index (κ3) is 2.29. The highest BCUT2D eigenvalue weighted by atomic mass is 79.9. The second kappa shape index (κ2) is 3.56. The van der Waals surface area contributed by atoms with Crippen LogP contribution >= 0.6 is 27.5 Å². The fourth-order valence-electron chi connectivity index (χ4n) is 1.20. The largest absolute Gasteiger partial charge is 0.407 e. The van der Waals surface area contributed by atoms with Crippen LogP contribution in [-0.2, 0) is 0 Å². The fraction of sp³-hybridized carbons (Fsp3) is 0.714. The van der Waals surface area contributed by atoms with Gasteiger partial charge >= 0.3 is 6.18 Å². The summed E-state index contributed by atoms with van der Waals surface area (Å²) in [6, 6.07) is -1.88. The van der Waals surface area contributed by atoms with Crippen molar-refractivity contribution in [1.29, 1.82) is 0 Å². The molecule has 0 aromatic heterocycles. The maximum atomic E-state index is 13.4. The van der Waals surface area contributed by atoms with Gasteiger partial charge in [0, 0.05) is 6.42 Å². The first-order chi connectivity index (χ1) is 6.50. The Hall–Kier alpha value is 0.120. The highest BCUT2D eigenvalue weighted by molar-refractivity contribution is 9.10. The van der Waals surface area contributed by atoms with E-state index >= 15 is 0 Å². The average Bonchev–Trinajstić information content (AvgIpc) is 1.97. The van der Waals surface area contributed by atoms with Crippen LogP contribution in [0.1, 0.15) is 6.42 Å². The van der Waals surface area contributed by atoms with Crippen LogP contribution < -0.4 is 5.73 Å². The van der Waals surface area contributed by atoms with E-state index in [2.05, 4.69) is 15.9 Å². The third-order valence-corrected chi connectivity index (χ3v) is 3.41. The average molecular weight is 314 g/mol. The molecular weight excluding hydrogens is 308 g/mol. The molecule has 0 fully saturated rings. The molecular formula is C7H6BrClF5N. The highest BCUT2D eigenvalue weighted by Gasteiger charge is 2.60. The summed E-state index contributed by atoms with van der Waals surface area (Å²) in [5.41, 5.74) is 4.98. The van der Waals surface area contributed by atoms with Gasteiger partial charge in [0.25, 0.3) is 0 Å². The van der Waals surface area contributed by atoms with E-state index in [4.69, 9.17) is 17.3 Å². The Morgan fingerprint density at radius 1 is 1.53 bits per heavy atom. The van der Waals surface area contributed by atoms with Crippen LogP contribution in [0.5, 0.6) is 0 Å². The lowest BCUT2D eigenvalue weighted by atomic mass is 9.89. The summed E-state index contributed by atoms with van der Waals surface area (Å²) in [7, 11) is 0. The van der Waals surface area contributed by atoms with Crippen molar-refractivity contribution in [2.75, 3.05) is 0 Å². The Morgan fingerprint density at radius 2 is 2.00 bits per heavy atom. The van der Waals surface area contributed by atoms with Crippen LogP contribution in [0.4, 0.5) is 22.0 Å². The highest BCUT2D eigenvalue weighted by Crippen LogP contribution is 2.51. The molecule has 0 aliphatic heterocycles. The zero-order valence-electron chi connectivity index (χ0n) is 7.08. The molecule has 0 radical (unpaired) electrons. The molecule has 0 heterocycles. The summed E-state index contributed by atoms with van der Waals surface area (Å²) in [4.78, 5) is 0. The quantitative estimate of drug-likeness (QED) is 0.539. The number of hydrogen-bond acceptors (Lipinski definition) is 1. The van der Waals surface area contributed by atoms with Gasteiger partial charge in [0.2, 0.25) is 5.13 Å². The minimum absolute atomic E-state index is 0.206.